The van der Waals surface area contributed by atoms with E-state index in [1.165, 1.54) is 16.8 Å². The van der Waals surface area contributed by atoms with Gasteiger partial charge in [0.2, 0.25) is 0 Å². The van der Waals surface area contributed by atoms with Gasteiger partial charge in [-0.05, 0) is 24.3 Å². The van der Waals surface area contributed by atoms with E-state index in [0.717, 1.165) is 0 Å². The van der Waals surface area contributed by atoms with Gasteiger partial charge >= 0.3 is 0 Å². The number of aliphatic hydroxyl groups is 3. The van der Waals surface area contributed by atoms with E-state index in [9.17, 15) is 14.6 Å². The largest absolute Gasteiger partial charge is 0.394 e. The summed E-state index contributed by atoms with van der Waals surface area (Å²) >= 11 is 0. The Bertz CT molecular complexity index is 633. The van der Waals surface area contributed by atoms with Gasteiger partial charge in [0.15, 0.2) is 0 Å². The summed E-state index contributed by atoms with van der Waals surface area (Å²) in [6, 6.07) is 5.19. The van der Waals surface area contributed by atoms with Crippen LogP contribution in [0.25, 0.3) is 11.3 Å². The van der Waals surface area contributed by atoms with Gasteiger partial charge in [-0.3, -0.25) is 0 Å². The number of aromatic nitrogens is 3. The Labute approximate surface area is 125 Å². The number of halogens is 1. The monoisotopic (exact) mass is 309 g/mol. The van der Waals surface area contributed by atoms with Crippen LogP contribution in [0.15, 0.2) is 30.5 Å². The molecule has 1 aromatic carbocycles. The zero-order valence-electron chi connectivity index (χ0n) is 11.6. The van der Waals surface area contributed by atoms with Crippen LogP contribution in [0.5, 0.6) is 0 Å². The number of rotatable bonds is 3. The van der Waals surface area contributed by atoms with Crippen LogP contribution in [-0.2, 0) is 4.74 Å². The van der Waals surface area contributed by atoms with Crippen molar-refractivity contribution in [2.45, 2.75) is 24.4 Å². The van der Waals surface area contributed by atoms with E-state index >= 15 is 0 Å². The Morgan fingerprint density at radius 2 is 1.95 bits per heavy atom. The van der Waals surface area contributed by atoms with E-state index < -0.39 is 24.4 Å². The standard InChI is InChI=1S/C14H16FN3O4/c15-9-3-1-8(2-4-9)10-5-18(17-16-10)11-7-22-12(6-19)14(21)13(11)20/h1-5,11-14,19-21H,6-7H2/t11-,12+,13+,14-/m0/s1. The summed E-state index contributed by atoms with van der Waals surface area (Å²) in [5.74, 6) is -0.342. The summed E-state index contributed by atoms with van der Waals surface area (Å²) in [5, 5.41) is 37.0. The summed E-state index contributed by atoms with van der Waals surface area (Å²) in [6.45, 7) is -0.279. The molecule has 22 heavy (non-hydrogen) atoms. The molecule has 7 nitrogen and oxygen atoms in total. The van der Waals surface area contributed by atoms with Crippen LogP contribution >= 0.6 is 0 Å². The van der Waals surface area contributed by atoms with Crippen LogP contribution in [0.3, 0.4) is 0 Å². The normalized spacial score (nSPS) is 28.7. The molecule has 0 saturated carbocycles. The first-order chi connectivity index (χ1) is 10.6. The third-order valence-electron chi connectivity index (χ3n) is 3.78. The van der Waals surface area contributed by atoms with Gasteiger partial charge < -0.3 is 20.1 Å². The van der Waals surface area contributed by atoms with E-state index in [-0.39, 0.29) is 19.0 Å². The molecule has 0 aliphatic carbocycles. The molecule has 0 unspecified atom stereocenters. The zero-order valence-corrected chi connectivity index (χ0v) is 11.6. The van der Waals surface area contributed by atoms with Gasteiger partial charge in [-0.15, -0.1) is 5.10 Å². The fourth-order valence-electron chi connectivity index (χ4n) is 2.45. The van der Waals surface area contributed by atoms with Crippen LogP contribution in [-0.4, -0.2) is 61.8 Å². The minimum absolute atomic E-state index is 0.0929. The molecule has 3 rings (SSSR count). The van der Waals surface area contributed by atoms with Crippen LogP contribution in [0, 0.1) is 5.82 Å². The van der Waals surface area contributed by atoms with Crippen LogP contribution < -0.4 is 0 Å². The molecule has 1 fully saturated rings. The number of hydrogen-bond acceptors (Lipinski definition) is 6. The highest BCUT2D eigenvalue weighted by molar-refractivity contribution is 5.57. The highest BCUT2D eigenvalue weighted by atomic mass is 19.1. The summed E-state index contributed by atoms with van der Waals surface area (Å²) in [6.07, 6.45) is -1.56. The van der Waals surface area contributed by atoms with Crippen molar-refractivity contribution < 1.29 is 24.4 Å². The lowest BCUT2D eigenvalue weighted by Gasteiger charge is -2.36. The van der Waals surface area contributed by atoms with Crippen molar-refractivity contribution in [2.24, 2.45) is 0 Å². The van der Waals surface area contributed by atoms with Crippen molar-refractivity contribution in [3.63, 3.8) is 0 Å². The SMILES string of the molecule is OC[C@H]1OC[C@H](n2cc(-c3ccc(F)cc3)nn2)[C@@H](O)[C@H]1O. The fourth-order valence-corrected chi connectivity index (χ4v) is 2.45. The van der Waals surface area contributed by atoms with E-state index in [0.29, 0.717) is 11.3 Å². The summed E-state index contributed by atoms with van der Waals surface area (Å²) in [7, 11) is 0. The fraction of sp³-hybridized carbons (Fsp3) is 0.429. The van der Waals surface area contributed by atoms with Gasteiger partial charge in [0, 0.05) is 5.56 Å². The maximum absolute atomic E-state index is 12.9. The Morgan fingerprint density at radius 1 is 1.23 bits per heavy atom. The maximum atomic E-state index is 12.9. The van der Waals surface area contributed by atoms with Gasteiger partial charge in [0.05, 0.1) is 19.4 Å². The van der Waals surface area contributed by atoms with Gasteiger partial charge in [0.25, 0.3) is 0 Å². The van der Waals surface area contributed by atoms with Crippen molar-refractivity contribution in [2.75, 3.05) is 13.2 Å². The molecular weight excluding hydrogens is 293 g/mol. The molecule has 2 aromatic rings. The first-order valence-electron chi connectivity index (χ1n) is 6.86. The third-order valence-corrected chi connectivity index (χ3v) is 3.78. The first kappa shape index (κ1) is 15.0. The highest BCUT2D eigenvalue weighted by Gasteiger charge is 2.39. The van der Waals surface area contributed by atoms with E-state index in [1.54, 1.807) is 18.3 Å². The molecular formula is C14H16FN3O4. The lowest BCUT2D eigenvalue weighted by molar-refractivity contribution is -0.171. The average Bonchev–Trinajstić information content (AvgIpc) is 3.00. The number of benzene rings is 1. The number of nitrogens with zero attached hydrogens (tertiary/aromatic N) is 3. The molecule has 1 aliphatic heterocycles. The van der Waals surface area contributed by atoms with Crippen molar-refractivity contribution in [3.05, 3.63) is 36.3 Å². The maximum Gasteiger partial charge on any atom is 0.123 e. The summed E-state index contributed by atoms with van der Waals surface area (Å²) in [5.41, 5.74) is 1.21. The molecule has 0 amide bonds. The van der Waals surface area contributed by atoms with Gasteiger partial charge in [0.1, 0.15) is 35.9 Å². The van der Waals surface area contributed by atoms with Crippen LogP contribution in [0.1, 0.15) is 6.04 Å². The van der Waals surface area contributed by atoms with Crippen molar-refractivity contribution in [3.8, 4) is 11.3 Å². The molecule has 3 N–H and O–H groups in total. The molecule has 2 heterocycles. The van der Waals surface area contributed by atoms with Gasteiger partial charge in [-0.25, -0.2) is 9.07 Å². The predicted molar refractivity (Wildman–Crippen MR) is 73.3 cm³/mol. The first-order valence-corrected chi connectivity index (χ1v) is 6.86. The van der Waals surface area contributed by atoms with Crippen molar-refractivity contribution in [1.82, 2.24) is 15.0 Å². The Kier molecular flexibility index (Phi) is 4.16. The van der Waals surface area contributed by atoms with Gasteiger partial charge in [-0.2, -0.15) is 0 Å². The topological polar surface area (TPSA) is 101 Å². The number of ether oxygens (including phenoxy) is 1. The molecule has 0 bridgehead atoms. The van der Waals surface area contributed by atoms with E-state index in [4.69, 9.17) is 9.84 Å². The zero-order chi connectivity index (χ0) is 15.7. The van der Waals surface area contributed by atoms with Crippen LogP contribution in [0.4, 0.5) is 4.39 Å². The van der Waals surface area contributed by atoms with Crippen LogP contribution in [0.2, 0.25) is 0 Å². The van der Waals surface area contributed by atoms with E-state index in [2.05, 4.69) is 10.3 Å². The summed E-state index contributed by atoms with van der Waals surface area (Å²) in [4.78, 5) is 0. The third kappa shape index (κ3) is 2.73. The molecule has 1 saturated heterocycles. The predicted octanol–water partition coefficient (Wildman–Crippen LogP) is -0.262. The second-order valence-corrected chi connectivity index (χ2v) is 5.19. The van der Waals surface area contributed by atoms with Crippen molar-refractivity contribution in [1.29, 1.82) is 0 Å². The minimum Gasteiger partial charge on any atom is -0.394 e. The molecule has 1 aromatic heterocycles. The van der Waals surface area contributed by atoms with E-state index in [1.807, 2.05) is 0 Å². The average molecular weight is 309 g/mol. The molecule has 8 heteroatoms. The number of hydrogen-bond donors (Lipinski definition) is 3. The Morgan fingerprint density at radius 3 is 2.64 bits per heavy atom. The van der Waals surface area contributed by atoms with Gasteiger partial charge in [-0.1, -0.05) is 5.21 Å². The Balaban J connectivity index is 1.80. The number of aliphatic hydroxyl groups excluding tert-OH is 3. The Hall–Kier alpha value is -1.87. The molecule has 4 atom stereocenters. The highest BCUT2D eigenvalue weighted by Crippen LogP contribution is 2.25. The quantitative estimate of drug-likeness (QED) is 0.722. The second-order valence-electron chi connectivity index (χ2n) is 5.19. The smallest absolute Gasteiger partial charge is 0.123 e. The lowest BCUT2D eigenvalue weighted by Crippen LogP contribution is -2.52. The second kappa shape index (κ2) is 6.09. The van der Waals surface area contributed by atoms with Crippen molar-refractivity contribution >= 4 is 0 Å². The molecule has 0 spiro atoms. The molecule has 118 valence electrons. The molecule has 1 aliphatic rings. The minimum atomic E-state index is -1.21. The summed E-state index contributed by atoms with van der Waals surface area (Å²) < 4.78 is 19.6. The molecule has 0 radical (unpaired) electrons. The lowest BCUT2D eigenvalue weighted by atomic mass is 9.98.